The van der Waals surface area contributed by atoms with Gasteiger partial charge in [0.05, 0.1) is 12.5 Å². The lowest BCUT2D eigenvalue weighted by atomic mass is 9.96. The maximum Gasteiger partial charge on any atom is 0.471 e. The Balaban J connectivity index is 2.90. The maximum absolute atomic E-state index is 12.6. The number of benzene rings is 1. The summed E-state index contributed by atoms with van der Waals surface area (Å²) in [5, 5.41) is 3.44. The average Bonchev–Trinajstić information content (AvgIpc) is 2.61. The van der Waals surface area contributed by atoms with Crippen molar-refractivity contribution >= 4 is 23.5 Å². The van der Waals surface area contributed by atoms with Crippen molar-refractivity contribution in [1.82, 2.24) is 5.32 Å². The van der Waals surface area contributed by atoms with E-state index in [9.17, 15) is 40.7 Å². The van der Waals surface area contributed by atoms with Gasteiger partial charge in [0.1, 0.15) is 0 Å². The van der Waals surface area contributed by atoms with Gasteiger partial charge in [-0.2, -0.15) is 26.3 Å². The van der Waals surface area contributed by atoms with E-state index in [1.165, 1.54) is 19.1 Å². The first-order valence-electron chi connectivity index (χ1n) is 8.75. The van der Waals surface area contributed by atoms with E-state index in [0.29, 0.717) is 5.56 Å². The molecule has 0 saturated carbocycles. The summed E-state index contributed by atoms with van der Waals surface area (Å²) >= 11 is 0. The molecule has 0 aliphatic carbocycles. The number of carbonyl (C=O) groups is 3. The second kappa shape index (κ2) is 10.3. The molecule has 30 heavy (non-hydrogen) atoms. The van der Waals surface area contributed by atoms with E-state index >= 15 is 0 Å². The van der Waals surface area contributed by atoms with Crippen molar-refractivity contribution in [2.24, 2.45) is 5.92 Å². The van der Waals surface area contributed by atoms with E-state index in [2.05, 4.69) is 0 Å². The van der Waals surface area contributed by atoms with Gasteiger partial charge in [-0.05, 0) is 37.5 Å². The molecule has 0 aliphatic rings. The normalized spacial score (nSPS) is 13.9. The van der Waals surface area contributed by atoms with Crippen LogP contribution in [0.4, 0.5) is 32.0 Å². The van der Waals surface area contributed by atoms with Crippen LogP contribution in [0.5, 0.6) is 0 Å². The average molecular weight is 442 g/mol. The number of rotatable bonds is 8. The van der Waals surface area contributed by atoms with Crippen LogP contribution in [0.2, 0.25) is 0 Å². The third-order valence-corrected chi connectivity index (χ3v) is 3.87. The molecule has 2 N–H and O–H groups in total. The third kappa shape index (κ3) is 8.29. The predicted octanol–water partition coefficient (Wildman–Crippen LogP) is 3.37. The topological polar surface area (TPSA) is 84.5 Å². The van der Waals surface area contributed by atoms with Crippen LogP contribution in [0.1, 0.15) is 25.8 Å². The van der Waals surface area contributed by atoms with Gasteiger partial charge < -0.3 is 15.4 Å². The lowest BCUT2D eigenvalue weighted by molar-refractivity contribution is -0.174. The molecule has 0 bridgehead atoms. The van der Waals surface area contributed by atoms with Crippen molar-refractivity contribution in [2.75, 3.05) is 11.9 Å². The van der Waals surface area contributed by atoms with Crippen molar-refractivity contribution in [2.45, 2.75) is 45.1 Å². The molecule has 0 saturated heterocycles. The van der Waals surface area contributed by atoms with Crippen LogP contribution in [0.3, 0.4) is 0 Å². The second-order valence-corrected chi connectivity index (χ2v) is 6.41. The van der Waals surface area contributed by atoms with Gasteiger partial charge in [0.25, 0.3) is 0 Å². The zero-order valence-electron chi connectivity index (χ0n) is 16.0. The number of ether oxygens (including phenoxy) is 1. The Kier molecular flexibility index (Phi) is 8.67. The van der Waals surface area contributed by atoms with Crippen LogP contribution >= 0.6 is 0 Å². The molecule has 1 rings (SSSR count). The summed E-state index contributed by atoms with van der Waals surface area (Å²) in [6, 6.07) is 3.74. The Hall–Kier alpha value is -2.79. The first-order chi connectivity index (χ1) is 13.7. The zero-order valence-corrected chi connectivity index (χ0v) is 16.0. The molecule has 0 spiro atoms. The fourth-order valence-electron chi connectivity index (χ4n) is 2.48. The van der Waals surface area contributed by atoms with Crippen LogP contribution in [-0.4, -0.2) is 42.8 Å². The lowest BCUT2D eigenvalue weighted by Gasteiger charge is -2.22. The van der Waals surface area contributed by atoms with Crippen LogP contribution in [0, 0.1) is 5.92 Å². The second-order valence-electron chi connectivity index (χ2n) is 6.41. The Morgan fingerprint density at radius 2 is 1.50 bits per heavy atom. The highest BCUT2D eigenvalue weighted by atomic mass is 19.4. The van der Waals surface area contributed by atoms with Gasteiger partial charge >= 0.3 is 30.1 Å². The number of anilines is 1. The molecule has 12 heteroatoms. The first-order valence-corrected chi connectivity index (χ1v) is 8.75. The molecular weight excluding hydrogens is 422 g/mol. The van der Waals surface area contributed by atoms with Crippen LogP contribution < -0.4 is 10.6 Å². The number of amides is 2. The molecule has 0 heterocycles. The van der Waals surface area contributed by atoms with E-state index < -0.39 is 42.1 Å². The largest absolute Gasteiger partial charge is 0.471 e. The van der Waals surface area contributed by atoms with Crippen molar-refractivity contribution in [3.8, 4) is 0 Å². The van der Waals surface area contributed by atoms with Crippen LogP contribution in [-0.2, 0) is 25.5 Å². The number of esters is 1. The SMILES string of the molecule is CCOC(=O)C(C)C[C@H](Cc1ccc(NC(=O)C(F)(F)F)cc1)NC(=O)C(F)(F)F. The van der Waals surface area contributed by atoms with Gasteiger partial charge in [-0.3, -0.25) is 14.4 Å². The minimum atomic E-state index is -5.13. The van der Waals surface area contributed by atoms with Crippen molar-refractivity contribution < 1.29 is 45.5 Å². The van der Waals surface area contributed by atoms with Gasteiger partial charge in [-0.15, -0.1) is 0 Å². The molecule has 6 nitrogen and oxygen atoms in total. The van der Waals surface area contributed by atoms with E-state index in [1.807, 2.05) is 5.32 Å². The van der Waals surface area contributed by atoms with E-state index in [-0.39, 0.29) is 25.1 Å². The lowest BCUT2D eigenvalue weighted by Crippen LogP contribution is -2.45. The molecule has 0 fully saturated rings. The summed E-state index contributed by atoms with van der Waals surface area (Å²) in [6.07, 6.45) is -10.5. The van der Waals surface area contributed by atoms with Gasteiger partial charge in [-0.25, -0.2) is 0 Å². The van der Waals surface area contributed by atoms with Crippen molar-refractivity contribution in [1.29, 1.82) is 0 Å². The molecule has 1 aromatic rings. The fourth-order valence-corrected chi connectivity index (χ4v) is 2.48. The monoisotopic (exact) mass is 442 g/mol. The highest BCUT2D eigenvalue weighted by Gasteiger charge is 2.40. The smallest absolute Gasteiger partial charge is 0.466 e. The molecule has 168 valence electrons. The molecule has 0 radical (unpaired) electrons. The fraction of sp³-hybridized carbons (Fsp3) is 0.500. The Morgan fingerprint density at radius 1 is 0.967 bits per heavy atom. The van der Waals surface area contributed by atoms with Crippen molar-refractivity contribution in [3.63, 3.8) is 0 Å². The molecule has 2 amide bonds. The number of hydrogen-bond acceptors (Lipinski definition) is 4. The highest BCUT2D eigenvalue weighted by molar-refractivity contribution is 5.94. The minimum absolute atomic E-state index is 0.0772. The Bertz CT molecular complexity index is 747. The van der Waals surface area contributed by atoms with Crippen LogP contribution in [0.15, 0.2) is 24.3 Å². The summed E-state index contributed by atoms with van der Waals surface area (Å²) in [4.78, 5) is 34.0. The number of halogens is 6. The first kappa shape index (κ1) is 25.2. The van der Waals surface area contributed by atoms with Gasteiger partial charge in [0.15, 0.2) is 0 Å². The Morgan fingerprint density at radius 3 is 1.97 bits per heavy atom. The van der Waals surface area contributed by atoms with Gasteiger partial charge in [0.2, 0.25) is 0 Å². The van der Waals surface area contributed by atoms with Gasteiger partial charge in [-0.1, -0.05) is 19.1 Å². The standard InChI is InChI=1S/C18H20F6N2O4/c1-3-30-14(27)10(2)8-13(26-16(29)18(22,23)24)9-11-4-6-12(7-5-11)25-15(28)17(19,20)21/h4-7,10,13H,3,8-9H2,1-2H3,(H,25,28)(H,26,29)/t10?,13-/m1/s1. The Labute approximate surface area is 168 Å². The number of alkyl halides is 6. The summed E-state index contributed by atoms with van der Waals surface area (Å²) in [5.41, 5.74) is 0.195. The molecule has 1 aromatic carbocycles. The summed E-state index contributed by atoms with van der Waals surface area (Å²) in [6.45, 7) is 3.07. The van der Waals surface area contributed by atoms with Gasteiger partial charge in [0, 0.05) is 11.7 Å². The molecule has 0 aliphatic heterocycles. The van der Waals surface area contributed by atoms with E-state index in [4.69, 9.17) is 4.74 Å². The van der Waals surface area contributed by atoms with E-state index in [1.54, 1.807) is 12.2 Å². The highest BCUT2D eigenvalue weighted by Crippen LogP contribution is 2.21. The summed E-state index contributed by atoms with van der Waals surface area (Å²) in [5.74, 6) is -5.81. The predicted molar refractivity (Wildman–Crippen MR) is 93.2 cm³/mol. The number of carbonyl (C=O) groups excluding carboxylic acids is 3. The van der Waals surface area contributed by atoms with Crippen molar-refractivity contribution in [3.05, 3.63) is 29.8 Å². The summed E-state index contributed by atoms with van der Waals surface area (Å²) in [7, 11) is 0. The molecular formula is C18H20F6N2O4. The number of nitrogens with one attached hydrogen (secondary N) is 2. The van der Waals surface area contributed by atoms with Crippen LogP contribution in [0.25, 0.3) is 0 Å². The molecule has 0 aromatic heterocycles. The molecule has 1 unspecified atom stereocenters. The third-order valence-electron chi connectivity index (χ3n) is 3.87. The quantitative estimate of drug-likeness (QED) is 0.478. The maximum atomic E-state index is 12.6. The minimum Gasteiger partial charge on any atom is -0.466 e. The zero-order chi connectivity index (χ0) is 23.1. The molecule has 2 atom stereocenters. The number of hydrogen-bond donors (Lipinski definition) is 2. The van der Waals surface area contributed by atoms with E-state index in [0.717, 1.165) is 12.1 Å². The summed E-state index contributed by atoms with van der Waals surface area (Å²) < 4.78 is 79.4.